The Morgan fingerprint density at radius 3 is 2.80 bits per heavy atom. The van der Waals surface area contributed by atoms with E-state index in [0.717, 1.165) is 19.4 Å². The Labute approximate surface area is 90.7 Å². The Balaban J connectivity index is 2.50. The van der Waals surface area contributed by atoms with Gasteiger partial charge in [0, 0.05) is 18.1 Å². The zero-order valence-electron chi connectivity index (χ0n) is 9.46. The predicted molar refractivity (Wildman–Crippen MR) is 65.0 cm³/mol. The van der Waals surface area contributed by atoms with Gasteiger partial charge in [-0.25, -0.2) is 0 Å². The van der Waals surface area contributed by atoms with Gasteiger partial charge in [0.1, 0.15) is 0 Å². The lowest BCUT2D eigenvalue weighted by Crippen LogP contribution is -2.03. The largest absolute Gasteiger partial charge is 0.347 e. The van der Waals surface area contributed by atoms with Crippen LogP contribution in [0, 0.1) is 6.92 Å². The number of aryl methyl sites for hydroxylation is 3. The molecule has 0 fully saturated rings. The van der Waals surface area contributed by atoms with Gasteiger partial charge in [0.05, 0.1) is 5.52 Å². The van der Waals surface area contributed by atoms with Crippen LogP contribution in [0.5, 0.6) is 0 Å². The molecule has 0 unspecified atom stereocenters. The van der Waals surface area contributed by atoms with Crippen LogP contribution in [-0.2, 0) is 13.5 Å². The first-order valence-corrected chi connectivity index (χ1v) is 5.48. The third kappa shape index (κ3) is 1.77. The van der Waals surface area contributed by atoms with Crippen molar-refractivity contribution < 1.29 is 0 Å². The number of benzene rings is 1. The van der Waals surface area contributed by atoms with Crippen molar-refractivity contribution >= 4 is 10.9 Å². The van der Waals surface area contributed by atoms with Crippen LogP contribution in [0.2, 0.25) is 0 Å². The molecule has 0 aliphatic carbocycles. The minimum absolute atomic E-state index is 0.764. The van der Waals surface area contributed by atoms with E-state index in [-0.39, 0.29) is 0 Å². The van der Waals surface area contributed by atoms with Gasteiger partial charge in [0.2, 0.25) is 0 Å². The number of para-hydroxylation sites is 1. The summed E-state index contributed by atoms with van der Waals surface area (Å²) >= 11 is 0. The van der Waals surface area contributed by atoms with E-state index in [9.17, 15) is 0 Å². The first-order chi connectivity index (χ1) is 7.24. The Bertz CT molecular complexity index is 469. The smallest absolute Gasteiger partial charge is 0.0509 e. The molecule has 15 heavy (non-hydrogen) atoms. The van der Waals surface area contributed by atoms with Crippen LogP contribution in [0.25, 0.3) is 10.9 Å². The van der Waals surface area contributed by atoms with Crippen LogP contribution < -0.4 is 5.73 Å². The van der Waals surface area contributed by atoms with E-state index in [1.54, 1.807) is 0 Å². The third-order valence-electron chi connectivity index (χ3n) is 2.99. The van der Waals surface area contributed by atoms with E-state index in [1.165, 1.54) is 22.2 Å². The summed E-state index contributed by atoms with van der Waals surface area (Å²) in [7, 11) is 2.14. The number of rotatable bonds is 3. The second-order valence-corrected chi connectivity index (χ2v) is 4.10. The fraction of sp³-hybridized carbons (Fsp3) is 0.385. The van der Waals surface area contributed by atoms with Crippen molar-refractivity contribution in [2.45, 2.75) is 19.8 Å². The Hall–Kier alpha value is -1.28. The van der Waals surface area contributed by atoms with Crippen molar-refractivity contribution in [1.82, 2.24) is 4.57 Å². The Kier molecular flexibility index (Phi) is 2.78. The topological polar surface area (TPSA) is 30.9 Å². The van der Waals surface area contributed by atoms with Crippen molar-refractivity contribution in [2.75, 3.05) is 6.54 Å². The highest BCUT2D eigenvalue weighted by molar-refractivity contribution is 5.84. The van der Waals surface area contributed by atoms with Gasteiger partial charge in [-0.1, -0.05) is 18.2 Å². The van der Waals surface area contributed by atoms with E-state index in [2.05, 4.69) is 42.8 Å². The molecule has 0 saturated heterocycles. The summed E-state index contributed by atoms with van der Waals surface area (Å²) in [6.45, 7) is 2.93. The number of aromatic nitrogens is 1. The maximum absolute atomic E-state index is 5.54. The molecule has 1 heterocycles. The highest BCUT2D eigenvalue weighted by Crippen LogP contribution is 2.22. The molecule has 0 saturated carbocycles. The fourth-order valence-corrected chi connectivity index (χ4v) is 2.20. The minimum atomic E-state index is 0.764. The minimum Gasteiger partial charge on any atom is -0.347 e. The van der Waals surface area contributed by atoms with Crippen LogP contribution in [0.15, 0.2) is 24.3 Å². The summed E-state index contributed by atoms with van der Waals surface area (Å²) in [5.41, 5.74) is 9.61. The van der Waals surface area contributed by atoms with Gasteiger partial charge >= 0.3 is 0 Å². The van der Waals surface area contributed by atoms with E-state index in [1.807, 2.05) is 0 Å². The van der Waals surface area contributed by atoms with Crippen LogP contribution in [0.4, 0.5) is 0 Å². The van der Waals surface area contributed by atoms with E-state index < -0.39 is 0 Å². The normalized spacial score (nSPS) is 11.1. The molecule has 2 N–H and O–H groups in total. The lowest BCUT2D eigenvalue weighted by molar-refractivity contribution is 0.765. The Morgan fingerprint density at radius 2 is 2.13 bits per heavy atom. The summed E-state index contributed by atoms with van der Waals surface area (Å²) < 4.78 is 2.29. The van der Waals surface area contributed by atoms with Crippen molar-refractivity contribution in [2.24, 2.45) is 12.8 Å². The highest BCUT2D eigenvalue weighted by atomic mass is 14.9. The van der Waals surface area contributed by atoms with Crippen molar-refractivity contribution in [3.05, 3.63) is 35.5 Å². The number of hydrogen-bond donors (Lipinski definition) is 1. The summed E-state index contributed by atoms with van der Waals surface area (Å²) in [5, 5.41) is 1.34. The first-order valence-electron chi connectivity index (χ1n) is 5.48. The molecule has 0 amide bonds. The standard InChI is InChI=1S/C13H18N2/c1-10-5-3-6-11-9-12(7-4-8-14)15(2)13(10)11/h3,5-6,9H,4,7-8,14H2,1-2H3. The molecule has 0 bridgehead atoms. The molecule has 0 atom stereocenters. The summed E-state index contributed by atoms with van der Waals surface area (Å²) in [6.07, 6.45) is 2.13. The zero-order valence-corrected chi connectivity index (χ0v) is 9.46. The average Bonchev–Trinajstić information content (AvgIpc) is 2.54. The second-order valence-electron chi connectivity index (χ2n) is 4.10. The molecule has 0 aliphatic heterocycles. The molecule has 1 aromatic heterocycles. The fourth-order valence-electron chi connectivity index (χ4n) is 2.20. The maximum Gasteiger partial charge on any atom is 0.0509 e. The molecule has 0 spiro atoms. The number of nitrogens with two attached hydrogens (primary N) is 1. The summed E-state index contributed by atoms with van der Waals surface area (Å²) in [5.74, 6) is 0. The van der Waals surface area contributed by atoms with E-state index >= 15 is 0 Å². The van der Waals surface area contributed by atoms with Crippen LogP contribution in [0.3, 0.4) is 0 Å². The van der Waals surface area contributed by atoms with Gasteiger partial charge in [0.25, 0.3) is 0 Å². The zero-order chi connectivity index (χ0) is 10.8. The molecule has 2 nitrogen and oxygen atoms in total. The van der Waals surface area contributed by atoms with E-state index in [0.29, 0.717) is 0 Å². The number of hydrogen-bond acceptors (Lipinski definition) is 1. The summed E-state index contributed by atoms with van der Waals surface area (Å²) in [6, 6.07) is 8.73. The molecular formula is C13H18N2. The number of fused-ring (bicyclic) bond motifs is 1. The number of nitrogens with zero attached hydrogens (tertiary/aromatic N) is 1. The Morgan fingerprint density at radius 1 is 1.33 bits per heavy atom. The first kappa shape index (κ1) is 10.2. The third-order valence-corrected chi connectivity index (χ3v) is 2.99. The van der Waals surface area contributed by atoms with Crippen LogP contribution in [-0.4, -0.2) is 11.1 Å². The maximum atomic E-state index is 5.54. The molecule has 2 heteroatoms. The predicted octanol–water partition coefficient (Wildman–Crippen LogP) is 2.38. The van der Waals surface area contributed by atoms with Gasteiger partial charge in [0.15, 0.2) is 0 Å². The molecular weight excluding hydrogens is 184 g/mol. The lowest BCUT2D eigenvalue weighted by Gasteiger charge is -2.04. The van der Waals surface area contributed by atoms with E-state index in [4.69, 9.17) is 5.73 Å². The monoisotopic (exact) mass is 202 g/mol. The quantitative estimate of drug-likeness (QED) is 0.814. The van der Waals surface area contributed by atoms with Crippen molar-refractivity contribution in [3.63, 3.8) is 0 Å². The molecule has 2 rings (SSSR count). The lowest BCUT2D eigenvalue weighted by atomic mass is 10.1. The van der Waals surface area contributed by atoms with Gasteiger partial charge in [-0.15, -0.1) is 0 Å². The van der Waals surface area contributed by atoms with Crippen LogP contribution >= 0.6 is 0 Å². The molecule has 0 aliphatic rings. The van der Waals surface area contributed by atoms with Crippen LogP contribution in [0.1, 0.15) is 17.7 Å². The van der Waals surface area contributed by atoms with Crippen molar-refractivity contribution in [3.8, 4) is 0 Å². The van der Waals surface area contributed by atoms with Gasteiger partial charge in [-0.2, -0.15) is 0 Å². The summed E-state index contributed by atoms with van der Waals surface area (Å²) in [4.78, 5) is 0. The SMILES string of the molecule is Cc1cccc2cc(CCCN)n(C)c12. The molecule has 2 aromatic rings. The highest BCUT2D eigenvalue weighted by Gasteiger charge is 2.06. The van der Waals surface area contributed by atoms with Crippen molar-refractivity contribution in [1.29, 1.82) is 0 Å². The molecule has 0 radical (unpaired) electrons. The molecule has 1 aromatic carbocycles. The average molecular weight is 202 g/mol. The van der Waals surface area contributed by atoms with Gasteiger partial charge in [-0.05, 0) is 37.9 Å². The van der Waals surface area contributed by atoms with Gasteiger partial charge < -0.3 is 10.3 Å². The second kappa shape index (κ2) is 4.07. The van der Waals surface area contributed by atoms with Gasteiger partial charge in [-0.3, -0.25) is 0 Å². The molecule has 80 valence electrons.